The van der Waals surface area contributed by atoms with Crippen molar-refractivity contribution in [3.8, 4) is 0 Å². The van der Waals surface area contributed by atoms with Gasteiger partial charge in [0.1, 0.15) is 5.01 Å². The van der Waals surface area contributed by atoms with Gasteiger partial charge in [0, 0.05) is 6.42 Å². The molecule has 1 saturated heterocycles. The summed E-state index contributed by atoms with van der Waals surface area (Å²) in [6.45, 7) is 6.53. The van der Waals surface area contributed by atoms with E-state index < -0.39 is 0 Å². The third-order valence-electron chi connectivity index (χ3n) is 3.81. The molecule has 0 radical (unpaired) electrons. The van der Waals surface area contributed by atoms with Crippen molar-refractivity contribution in [2.45, 2.75) is 44.9 Å². The molecule has 1 aromatic carbocycles. The number of carbonyl (C=O) groups is 2. The molecule has 2 aromatic rings. The fraction of sp³-hybridized carbons (Fsp3) is 0.438. The molecule has 3 rings (SSSR count). The van der Waals surface area contributed by atoms with Crippen LogP contribution in [0.1, 0.15) is 50.1 Å². The summed E-state index contributed by atoms with van der Waals surface area (Å²) in [5.74, 6) is -0.702. The van der Waals surface area contributed by atoms with Crippen molar-refractivity contribution < 1.29 is 9.59 Å². The molecule has 1 N–H and O–H groups in total. The number of nitrogens with one attached hydrogen (secondary N) is 1. The zero-order valence-corrected chi connectivity index (χ0v) is 13.2. The molecule has 1 aliphatic rings. The van der Waals surface area contributed by atoms with Crippen LogP contribution in [-0.4, -0.2) is 16.8 Å². The Balaban J connectivity index is 1.98. The highest BCUT2D eigenvalue weighted by atomic mass is 32.1. The predicted octanol–water partition coefficient (Wildman–Crippen LogP) is 3.11. The maximum Gasteiger partial charge on any atom is 0.236 e. The van der Waals surface area contributed by atoms with Crippen molar-refractivity contribution in [2.75, 3.05) is 0 Å². The molecule has 0 bridgehead atoms. The molecular formula is C16H18N2O2S. The molecule has 1 aliphatic heterocycles. The lowest BCUT2D eigenvalue weighted by molar-refractivity contribution is -0.134. The minimum Gasteiger partial charge on any atom is -0.296 e. The van der Waals surface area contributed by atoms with Crippen molar-refractivity contribution in [3.05, 3.63) is 28.8 Å². The number of fused-ring (bicyclic) bond motifs is 1. The summed E-state index contributed by atoms with van der Waals surface area (Å²) < 4.78 is 1.10. The average molecular weight is 302 g/mol. The van der Waals surface area contributed by atoms with Crippen LogP contribution in [0.15, 0.2) is 18.2 Å². The highest BCUT2D eigenvalue weighted by Crippen LogP contribution is 2.34. The maximum absolute atomic E-state index is 11.9. The van der Waals surface area contributed by atoms with E-state index in [0.29, 0.717) is 12.8 Å². The minimum absolute atomic E-state index is 0.0903. The van der Waals surface area contributed by atoms with Crippen molar-refractivity contribution in [2.24, 2.45) is 0 Å². The minimum atomic E-state index is -0.293. The van der Waals surface area contributed by atoms with Crippen molar-refractivity contribution in [1.82, 2.24) is 10.3 Å². The Morgan fingerprint density at radius 2 is 2.05 bits per heavy atom. The second kappa shape index (κ2) is 4.91. The van der Waals surface area contributed by atoms with E-state index >= 15 is 0 Å². The summed E-state index contributed by atoms with van der Waals surface area (Å²) in [6, 6.07) is 6.26. The molecule has 110 valence electrons. The van der Waals surface area contributed by atoms with Gasteiger partial charge < -0.3 is 0 Å². The summed E-state index contributed by atoms with van der Waals surface area (Å²) >= 11 is 1.56. The largest absolute Gasteiger partial charge is 0.296 e. The molecule has 1 unspecified atom stereocenters. The lowest BCUT2D eigenvalue weighted by Crippen LogP contribution is -2.39. The van der Waals surface area contributed by atoms with Crippen molar-refractivity contribution in [1.29, 1.82) is 0 Å². The second-order valence-corrected chi connectivity index (χ2v) is 7.55. The van der Waals surface area contributed by atoms with E-state index in [1.165, 1.54) is 5.56 Å². The Labute approximate surface area is 127 Å². The summed E-state index contributed by atoms with van der Waals surface area (Å²) in [5.41, 5.74) is 2.27. The van der Waals surface area contributed by atoms with Gasteiger partial charge in [-0.15, -0.1) is 11.3 Å². The molecule has 1 aromatic heterocycles. The van der Waals surface area contributed by atoms with Crippen molar-refractivity contribution in [3.63, 3.8) is 0 Å². The molecule has 1 fully saturated rings. The fourth-order valence-electron chi connectivity index (χ4n) is 2.49. The number of rotatable bonds is 1. The SMILES string of the molecule is CC(C)(C)c1ccc2nc(C3CCC(=O)NC3=O)sc2c1. The number of hydrogen-bond donors (Lipinski definition) is 1. The molecule has 2 amide bonds. The third-order valence-corrected chi connectivity index (χ3v) is 4.94. The third kappa shape index (κ3) is 2.70. The van der Waals surface area contributed by atoms with Gasteiger partial charge in [-0.3, -0.25) is 14.9 Å². The predicted molar refractivity (Wildman–Crippen MR) is 83.4 cm³/mol. The number of amides is 2. The standard InChI is InChI=1S/C16H18N2O2S/c1-16(2,3)9-4-6-11-12(8-9)21-15(17-11)10-5-7-13(19)18-14(10)20/h4,6,8,10H,5,7H2,1-3H3,(H,18,19,20). The lowest BCUT2D eigenvalue weighted by Gasteiger charge is -2.18. The molecule has 21 heavy (non-hydrogen) atoms. The second-order valence-electron chi connectivity index (χ2n) is 6.49. The molecule has 0 aliphatic carbocycles. The molecule has 5 heteroatoms. The molecule has 0 saturated carbocycles. The Bertz CT molecular complexity index is 727. The summed E-state index contributed by atoms with van der Waals surface area (Å²) in [5, 5.41) is 3.20. The first-order chi connectivity index (χ1) is 9.84. The zero-order valence-electron chi connectivity index (χ0n) is 12.4. The first-order valence-corrected chi connectivity index (χ1v) is 7.91. The Hall–Kier alpha value is -1.75. The van der Waals surface area contributed by atoms with Gasteiger partial charge in [0.05, 0.1) is 16.1 Å². The number of aromatic nitrogens is 1. The number of thiazole rings is 1. The Kier molecular flexibility index (Phi) is 3.32. The topological polar surface area (TPSA) is 59.1 Å². The smallest absolute Gasteiger partial charge is 0.236 e. The number of piperidine rings is 1. The normalized spacial score (nSPS) is 19.9. The highest BCUT2D eigenvalue weighted by Gasteiger charge is 2.30. The monoisotopic (exact) mass is 302 g/mol. The van der Waals surface area contributed by atoms with Crippen LogP contribution in [-0.2, 0) is 15.0 Å². The zero-order chi connectivity index (χ0) is 15.2. The van der Waals surface area contributed by atoms with Crippen LogP contribution < -0.4 is 5.32 Å². The van der Waals surface area contributed by atoms with E-state index in [1.54, 1.807) is 11.3 Å². The average Bonchev–Trinajstić information content (AvgIpc) is 2.79. The molecule has 0 spiro atoms. The van der Waals surface area contributed by atoms with E-state index in [2.05, 4.69) is 43.2 Å². The highest BCUT2D eigenvalue weighted by molar-refractivity contribution is 7.18. The number of hydrogen-bond acceptors (Lipinski definition) is 4. The number of carbonyl (C=O) groups excluding carboxylic acids is 2. The van der Waals surface area contributed by atoms with E-state index in [-0.39, 0.29) is 23.1 Å². The maximum atomic E-state index is 11.9. The first kappa shape index (κ1) is 14.2. The van der Waals surface area contributed by atoms with Gasteiger partial charge in [0.2, 0.25) is 11.8 Å². The fourth-order valence-corrected chi connectivity index (χ4v) is 3.63. The Morgan fingerprint density at radius 1 is 1.29 bits per heavy atom. The molecule has 4 nitrogen and oxygen atoms in total. The van der Waals surface area contributed by atoms with Crippen LogP contribution in [0.5, 0.6) is 0 Å². The molecule has 1 atom stereocenters. The van der Waals surface area contributed by atoms with Crippen LogP contribution in [0.4, 0.5) is 0 Å². The van der Waals surface area contributed by atoms with Gasteiger partial charge in [-0.25, -0.2) is 4.98 Å². The summed E-state index contributed by atoms with van der Waals surface area (Å²) in [6.07, 6.45) is 0.941. The van der Waals surface area contributed by atoms with Gasteiger partial charge in [-0.2, -0.15) is 0 Å². The van der Waals surface area contributed by atoms with Gasteiger partial charge in [-0.1, -0.05) is 26.8 Å². The van der Waals surface area contributed by atoms with Gasteiger partial charge in [-0.05, 0) is 29.5 Å². The van der Waals surface area contributed by atoms with E-state index in [4.69, 9.17) is 0 Å². The Morgan fingerprint density at radius 3 is 2.71 bits per heavy atom. The molecular weight excluding hydrogens is 284 g/mol. The molecule has 2 heterocycles. The van der Waals surface area contributed by atoms with Gasteiger partial charge in [0.15, 0.2) is 0 Å². The number of imide groups is 1. The van der Waals surface area contributed by atoms with Crippen molar-refractivity contribution >= 4 is 33.4 Å². The van der Waals surface area contributed by atoms with Crippen LogP contribution >= 0.6 is 11.3 Å². The summed E-state index contributed by atoms with van der Waals surface area (Å²) in [4.78, 5) is 27.8. The van der Waals surface area contributed by atoms with E-state index in [0.717, 1.165) is 15.2 Å². The van der Waals surface area contributed by atoms with Gasteiger partial charge in [0.25, 0.3) is 0 Å². The van der Waals surface area contributed by atoms with Crippen LogP contribution in [0.25, 0.3) is 10.2 Å². The quantitative estimate of drug-likeness (QED) is 0.823. The number of nitrogens with zero attached hydrogens (tertiary/aromatic N) is 1. The van der Waals surface area contributed by atoms with Crippen LogP contribution in [0.3, 0.4) is 0 Å². The van der Waals surface area contributed by atoms with Crippen LogP contribution in [0, 0.1) is 0 Å². The van der Waals surface area contributed by atoms with E-state index in [9.17, 15) is 9.59 Å². The van der Waals surface area contributed by atoms with E-state index in [1.807, 2.05) is 6.07 Å². The summed E-state index contributed by atoms with van der Waals surface area (Å²) in [7, 11) is 0. The first-order valence-electron chi connectivity index (χ1n) is 7.09. The van der Waals surface area contributed by atoms with Gasteiger partial charge >= 0.3 is 0 Å². The lowest BCUT2D eigenvalue weighted by atomic mass is 9.87. The van der Waals surface area contributed by atoms with Crippen LogP contribution in [0.2, 0.25) is 0 Å². The number of benzene rings is 1.